The lowest BCUT2D eigenvalue weighted by molar-refractivity contribution is -0.0307. The maximum atomic E-state index is 6.28. The number of para-hydroxylation sites is 2. The summed E-state index contributed by atoms with van der Waals surface area (Å²) in [7, 11) is 1.66. The van der Waals surface area contributed by atoms with Crippen LogP contribution in [0, 0.1) is 5.41 Å². The molecule has 0 saturated heterocycles. The van der Waals surface area contributed by atoms with Gasteiger partial charge in [0.15, 0.2) is 11.5 Å². The molecule has 2 rings (SSSR count). The van der Waals surface area contributed by atoms with Crippen LogP contribution in [0.25, 0.3) is 0 Å². The molecule has 1 saturated carbocycles. The van der Waals surface area contributed by atoms with Crippen molar-refractivity contribution in [2.45, 2.75) is 38.2 Å². The van der Waals surface area contributed by atoms with Crippen molar-refractivity contribution in [2.24, 2.45) is 5.41 Å². The Bertz CT molecular complexity index is 394. The van der Waals surface area contributed by atoms with Gasteiger partial charge in [-0.15, -0.1) is 11.6 Å². The van der Waals surface area contributed by atoms with Crippen LogP contribution in [-0.4, -0.2) is 18.6 Å². The first kappa shape index (κ1) is 12.6. The third-order valence-corrected chi connectivity index (χ3v) is 4.65. The number of ether oxygens (including phenoxy) is 2. The minimum absolute atomic E-state index is 0.0718. The van der Waals surface area contributed by atoms with Crippen molar-refractivity contribution in [1.82, 2.24) is 0 Å². The Morgan fingerprint density at radius 3 is 2.53 bits per heavy atom. The predicted octanol–water partition coefficient (Wildman–Crippen LogP) is 3.87. The Balaban J connectivity index is 2.12. The largest absolute Gasteiger partial charge is 0.493 e. The molecular formula is C14H19ClO2. The summed E-state index contributed by atoms with van der Waals surface area (Å²) >= 11 is 6.28. The van der Waals surface area contributed by atoms with Crippen molar-refractivity contribution in [3.63, 3.8) is 0 Å². The van der Waals surface area contributed by atoms with Gasteiger partial charge in [0.05, 0.1) is 7.11 Å². The molecule has 3 unspecified atom stereocenters. The van der Waals surface area contributed by atoms with Gasteiger partial charge < -0.3 is 9.47 Å². The third-order valence-electron chi connectivity index (χ3n) is 3.97. The lowest BCUT2D eigenvalue weighted by atomic mass is 9.65. The van der Waals surface area contributed by atoms with Gasteiger partial charge in [-0.2, -0.15) is 0 Å². The molecule has 1 aliphatic carbocycles. The fourth-order valence-electron chi connectivity index (χ4n) is 2.27. The molecule has 0 radical (unpaired) electrons. The van der Waals surface area contributed by atoms with E-state index in [4.69, 9.17) is 21.1 Å². The van der Waals surface area contributed by atoms with Crippen molar-refractivity contribution in [1.29, 1.82) is 0 Å². The molecule has 0 N–H and O–H groups in total. The summed E-state index contributed by atoms with van der Waals surface area (Å²) in [5.41, 5.74) is 0.0718. The van der Waals surface area contributed by atoms with Crippen LogP contribution < -0.4 is 9.47 Å². The van der Waals surface area contributed by atoms with Gasteiger partial charge in [0.1, 0.15) is 6.10 Å². The summed E-state index contributed by atoms with van der Waals surface area (Å²) in [6.07, 6.45) is 2.12. The molecule has 3 heteroatoms. The van der Waals surface area contributed by atoms with E-state index in [-0.39, 0.29) is 16.9 Å². The number of methoxy groups -OCH3 is 1. The first-order valence-corrected chi connectivity index (χ1v) is 6.49. The first-order valence-electron chi connectivity index (χ1n) is 6.05. The lowest BCUT2D eigenvalue weighted by Gasteiger charge is -2.50. The molecule has 1 aliphatic rings. The van der Waals surface area contributed by atoms with Crippen LogP contribution in [0.4, 0.5) is 0 Å². The quantitative estimate of drug-likeness (QED) is 0.760. The SMILES string of the molecule is CCC1(C)C(Cl)CC1Oc1ccccc1OC. The standard InChI is InChI=1S/C14H19ClO2/c1-4-14(2)12(15)9-13(14)17-11-8-6-5-7-10(11)16-3/h5-8,12-13H,4,9H2,1-3H3. The Kier molecular flexibility index (Phi) is 3.53. The zero-order valence-corrected chi connectivity index (χ0v) is 11.3. The van der Waals surface area contributed by atoms with Gasteiger partial charge in [-0.1, -0.05) is 26.0 Å². The van der Waals surface area contributed by atoms with Gasteiger partial charge in [0.2, 0.25) is 0 Å². The highest BCUT2D eigenvalue weighted by Crippen LogP contribution is 2.49. The molecule has 0 spiro atoms. The molecule has 0 aromatic heterocycles. The van der Waals surface area contributed by atoms with Crippen molar-refractivity contribution < 1.29 is 9.47 Å². The monoisotopic (exact) mass is 254 g/mol. The van der Waals surface area contributed by atoms with E-state index < -0.39 is 0 Å². The first-order chi connectivity index (χ1) is 8.11. The summed E-state index contributed by atoms with van der Waals surface area (Å²) in [4.78, 5) is 0. The summed E-state index contributed by atoms with van der Waals surface area (Å²) < 4.78 is 11.3. The van der Waals surface area contributed by atoms with Crippen LogP contribution >= 0.6 is 11.6 Å². The smallest absolute Gasteiger partial charge is 0.161 e. The molecule has 2 nitrogen and oxygen atoms in total. The van der Waals surface area contributed by atoms with Crippen LogP contribution in [0.15, 0.2) is 24.3 Å². The number of halogens is 1. The predicted molar refractivity (Wildman–Crippen MR) is 70.1 cm³/mol. The minimum atomic E-state index is 0.0718. The van der Waals surface area contributed by atoms with Gasteiger partial charge in [-0.3, -0.25) is 0 Å². The van der Waals surface area contributed by atoms with Crippen molar-refractivity contribution in [2.75, 3.05) is 7.11 Å². The minimum Gasteiger partial charge on any atom is -0.493 e. The third kappa shape index (κ3) is 2.11. The highest BCUT2D eigenvalue weighted by Gasteiger charge is 2.51. The molecule has 1 fully saturated rings. The Morgan fingerprint density at radius 1 is 1.35 bits per heavy atom. The number of hydrogen-bond acceptors (Lipinski definition) is 2. The Morgan fingerprint density at radius 2 is 2.00 bits per heavy atom. The van der Waals surface area contributed by atoms with Gasteiger partial charge in [-0.05, 0) is 18.6 Å². The van der Waals surface area contributed by atoms with Crippen LogP contribution in [0.5, 0.6) is 11.5 Å². The molecule has 0 aliphatic heterocycles. The van der Waals surface area contributed by atoms with Crippen LogP contribution in [0.3, 0.4) is 0 Å². The highest BCUT2D eigenvalue weighted by molar-refractivity contribution is 6.21. The second-order valence-electron chi connectivity index (χ2n) is 4.82. The van der Waals surface area contributed by atoms with E-state index in [0.29, 0.717) is 0 Å². The molecular weight excluding hydrogens is 236 g/mol. The number of benzene rings is 1. The van der Waals surface area contributed by atoms with E-state index in [9.17, 15) is 0 Å². The molecule has 94 valence electrons. The number of rotatable bonds is 4. The second kappa shape index (κ2) is 4.77. The zero-order valence-electron chi connectivity index (χ0n) is 10.6. The maximum absolute atomic E-state index is 6.28. The summed E-state index contributed by atoms with van der Waals surface area (Å²) in [6, 6.07) is 7.75. The molecule has 0 amide bonds. The second-order valence-corrected chi connectivity index (χ2v) is 5.35. The molecule has 1 aromatic carbocycles. The fraction of sp³-hybridized carbons (Fsp3) is 0.571. The highest BCUT2D eigenvalue weighted by atomic mass is 35.5. The number of hydrogen-bond donors (Lipinski definition) is 0. The topological polar surface area (TPSA) is 18.5 Å². The van der Waals surface area contributed by atoms with Crippen LogP contribution in [0.1, 0.15) is 26.7 Å². The van der Waals surface area contributed by atoms with Gasteiger partial charge in [0, 0.05) is 17.2 Å². The van der Waals surface area contributed by atoms with Gasteiger partial charge >= 0.3 is 0 Å². The van der Waals surface area contributed by atoms with Crippen molar-refractivity contribution in [3.8, 4) is 11.5 Å². The van der Waals surface area contributed by atoms with E-state index in [0.717, 1.165) is 24.3 Å². The maximum Gasteiger partial charge on any atom is 0.161 e. The molecule has 1 aromatic rings. The molecule has 3 atom stereocenters. The molecule has 0 bridgehead atoms. The van der Waals surface area contributed by atoms with E-state index in [1.165, 1.54) is 0 Å². The van der Waals surface area contributed by atoms with Crippen molar-refractivity contribution >= 4 is 11.6 Å². The number of alkyl halides is 1. The summed E-state index contributed by atoms with van der Waals surface area (Å²) in [5.74, 6) is 1.59. The normalized spacial score (nSPS) is 31.8. The Labute approximate surface area is 108 Å². The Hall–Kier alpha value is -0.890. The summed E-state index contributed by atoms with van der Waals surface area (Å²) in [6.45, 7) is 4.35. The van der Waals surface area contributed by atoms with E-state index in [1.807, 2.05) is 24.3 Å². The molecule has 0 heterocycles. The van der Waals surface area contributed by atoms with Crippen molar-refractivity contribution in [3.05, 3.63) is 24.3 Å². The lowest BCUT2D eigenvalue weighted by Crippen LogP contribution is -2.55. The van der Waals surface area contributed by atoms with Gasteiger partial charge in [0.25, 0.3) is 0 Å². The van der Waals surface area contributed by atoms with Crippen LogP contribution in [0.2, 0.25) is 0 Å². The van der Waals surface area contributed by atoms with Gasteiger partial charge in [-0.25, -0.2) is 0 Å². The summed E-state index contributed by atoms with van der Waals surface area (Å²) in [5, 5.41) is 0.215. The van der Waals surface area contributed by atoms with E-state index in [1.54, 1.807) is 7.11 Å². The average Bonchev–Trinajstić information content (AvgIpc) is 2.37. The van der Waals surface area contributed by atoms with Crippen LogP contribution in [-0.2, 0) is 0 Å². The van der Waals surface area contributed by atoms with E-state index >= 15 is 0 Å². The van der Waals surface area contributed by atoms with E-state index in [2.05, 4.69) is 13.8 Å². The zero-order chi connectivity index (χ0) is 12.5. The molecule has 17 heavy (non-hydrogen) atoms. The average molecular weight is 255 g/mol. The fourth-order valence-corrected chi connectivity index (χ4v) is 2.73.